The van der Waals surface area contributed by atoms with E-state index in [1.807, 2.05) is 36.4 Å². The predicted molar refractivity (Wildman–Crippen MR) is 119 cm³/mol. The first-order chi connectivity index (χ1) is 14.7. The van der Waals surface area contributed by atoms with Gasteiger partial charge in [0.1, 0.15) is 0 Å². The van der Waals surface area contributed by atoms with Crippen molar-refractivity contribution < 1.29 is 14.3 Å². The van der Waals surface area contributed by atoms with Gasteiger partial charge >= 0.3 is 0 Å². The summed E-state index contributed by atoms with van der Waals surface area (Å²) in [6, 6.07) is 21.0. The van der Waals surface area contributed by atoms with Crippen LogP contribution in [0.5, 0.6) is 0 Å². The van der Waals surface area contributed by atoms with Crippen LogP contribution >= 0.6 is 0 Å². The van der Waals surface area contributed by atoms with Crippen molar-refractivity contribution in [3.8, 4) is 0 Å². The van der Waals surface area contributed by atoms with Gasteiger partial charge in [0.25, 0.3) is 5.91 Å². The Morgan fingerprint density at radius 3 is 2.63 bits per heavy atom. The van der Waals surface area contributed by atoms with Crippen molar-refractivity contribution in [1.29, 1.82) is 0 Å². The van der Waals surface area contributed by atoms with E-state index in [-0.39, 0.29) is 24.5 Å². The molecule has 4 rings (SSSR count). The van der Waals surface area contributed by atoms with Gasteiger partial charge in [-0.3, -0.25) is 9.59 Å². The van der Waals surface area contributed by atoms with Crippen LogP contribution in [0.15, 0.2) is 66.7 Å². The molecule has 0 aliphatic carbocycles. The Balaban J connectivity index is 1.30. The molecule has 3 N–H and O–H groups in total. The van der Waals surface area contributed by atoms with E-state index in [1.165, 1.54) is 0 Å². The van der Waals surface area contributed by atoms with Gasteiger partial charge in [0, 0.05) is 30.1 Å². The summed E-state index contributed by atoms with van der Waals surface area (Å²) in [5, 5.41) is 11.1. The number of fused-ring (bicyclic) bond motifs is 1. The molecule has 6 heteroatoms. The van der Waals surface area contributed by atoms with Crippen LogP contribution in [0.2, 0.25) is 0 Å². The van der Waals surface area contributed by atoms with Crippen molar-refractivity contribution in [2.45, 2.75) is 18.9 Å². The Labute approximate surface area is 175 Å². The van der Waals surface area contributed by atoms with Crippen molar-refractivity contribution in [1.82, 2.24) is 5.32 Å². The predicted octanol–water partition coefficient (Wildman–Crippen LogP) is 3.80. The zero-order valence-electron chi connectivity index (χ0n) is 16.7. The smallest absolute Gasteiger partial charge is 0.251 e. The molecule has 154 valence electrons. The zero-order valence-corrected chi connectivity index (χ0v) is 16.7. The number of amides is 2. The fourth-order valence-corrected chi connectivity index (χ4v) is 3.54. The summed E-state index contributed by atoms with van der Waals surface area (Å²) in [4.78, 5) is 24.7. The Morgan fingerprint density at radius 2 is 1.80 bits per heavy atom. The lowest BCUT2D eigenvalue weighted by molar-refractivity contribution is -0.114. The molecular weight excluding hydrogens is 378 g/mol. The average Bonchev–Trinajstić information content (AvgIpc) is 3.30. The molecule has 6 nitrogen and oxygen atoms in total. The maximum Gasteiger partial charge on any atom is 0.251 e. The summed E-state index contributed by atoms with van der Waals surface area (Å²) in [6.45, 7) is 1.40. The molecule has 0 radical (unpaired) electrons. The molecule has 0 saturated carbocycles. The van der Waals surface area contributed by atoms with Gasteiger partial charge in [-0.05, 0) is 53.9 Å². The van der Waals surface area contributed by atoms with Gasteiger partial charge in [-0.25, -0.2) is 0 Å². The van der Waals surface area contributed by atoms with E-state index < -0.39 is 0 Å². The van der Waals surface area contributed by atoms with E-state index in [0.29, 0.717) is 17.8 Å². The number of hydrogen-bond acceptors (Lipinski definition) is 4. The highest BCUT2D eigenvalue weighted by Gasteiger charge is 2.16. The van der Waals surface area contributed by atoms with Gasteiger partial charge in [0.05, 0.1) is 12.6 Å². The third-order valence-electron chi connectivity index (χ3n) is 5.13. The third kappa shape index (κ3) is 5.15. The molecule has 0 aromatic heterocycles. The normalized spacial score (nSPS) is 15.7. The minimum absolute atomic E-state index is 0.0954. The number of hydrogen-bond donors (Lipinski definition) is 3. The Bertz CT molecular complexity index is 1040. The van der Waals surface area contributed by atoms with Crippen LogP contribution in [0, 0.1) is 0 Å². The summed E-state index contributed by atoms with van der Waals surface area (Å²) in [5.74, 6) is -0.351. The largest absolute Gasteiger partial charge is 0.376 e. The molecule has 1 saturated heterocycles. The standard InChI is InChI=1S/C24H25N3O3/c28-23(16-25-20-11-10-17-5-1-2-6-18(17)13-20)27-21-8-3-7-19(14-21)24(29)26-15-22-9-4-12-30-22/h1-3,5-8,10-11,13-14,22,25H,4,9,12,15-16H2,(H,26,29)(H,27,28). The Kier molecular flexibility index (Phi) is 6.25. The van der Waals surface area contributed by atoms with Crippen molar-refractivity contribution in [3.05, 3.63) is 72.3 Å². The van der Waals surface area contributed by atoms with Gasteiger partial charge in [0.2, 0.25) is 5.91 Å². The fraction of sp³-hybridized carbons (Fsp3) is 0.250. The zero-order chi connectivity index (χ0) is 20.8. The topological polar surface area (TPSA) is 79.5 Å². The van der Waals surface area contributed by atoms with Gasteiger partial charge in [0.15, 0.2) is 0 Å². The van der Waals surface area contributed by atoms with Crippen LogP contribution in [-0.2, 0) is 9.53 Å². The van der Waals surface area contributed by atoms with Gasteiger partial charge in [-0.2, -0.15) is 0 Å². The molecule has 0 bridgehead atoms. The molecule has 0 spiro atoms. The van der Waals surface area contributed by atoms with Crippen LogP contribution in [-0.4, -0.2) is 37.6 Å². The van der Waals surface area contributed by atoms with Crippen molar-refractivity contribution >= 4 is 34.0 Å². The molecule has 1 aliphatic rings. The average molecular weight is 403 g/mol. The summed E-state index contributed by atoms with van der Waals surface area (Å²) < 4.78 is 5.52. The van der Waals surface area contributed by atoms with Crippen LogP contribution in [0.3, 0.4) is 0 Å². The summed E-state index contributed by atoms with van der Waals surface area (Å²) in [6.07, 6.45) is 2.11. The van der Waals surface area contributed by atoms with Gasteiger partial charge in [-0.15, -0.1) is 0 Å². The maximum absolute atomic E-state index is 12.4. The highest BCUT2D eigenvalue weighted by Crippen LogP contribution is 2.19. The number of nitrogens with one attached hydrogen (secondary N) is 3. The van der Waals surface area contributed by atoms with Crippen LogP contribution < -0.4 is 16.0 Å². The number of benzene rings is 3. The SMILES string of the molecule is O=C(CNc1ccc2ccccc2c1)Nc1cccc(C(=O)NCC2CCCO2)c1. The van der Waals surface area contributed by atoms with E-state index in [1.54, 1.807) is 24.3 Å². The summed E-state index contributed by atoms with van der Waals surface area (Å²) in [5.41, 5.74) is 1.98. The Hall–Kier alpha value is -3.38. The first kappa shape index (κ1) is 19.9. The lowest BCUT2D eigenvalue weighted by Gasteiger charge is -2.12. The molecule has 3 aromatic rings. The van der Waals surface area contributed by atoms with E-state index in [4.69, 9.17) is 4.74 Å². The third-order valence-corrected chi connectivity index (χ3v) is 5.13. The van der Waals surface area contributed by atoms with Crippen molar-refractivity contribution in [2.24, 2.45) is 0 Å². The van der Waals surface area contributed by atoms with E-state index in [0.717, 1.165) is 35.9 Å². The van der Waals surface area contributed by atoms with Crippen LogP contribution in [0.1, 0.15) is 23.2 Å². The van der Waals surface area contributed by atoms with Crippen LogP contribution in [0.4, 0.5) is 11.4 Å². The minimum Gasteiger partial charge on any atom is -0.376 e. The summed E-state index contributed by atoms with van der Waals surface area (Å²) >= 11 is 0. The molecule has 3 aromatic carbocycles. The number of anilines is 2. The maximum atomic E-state index is 12.4. The Morgan fingerprint density at radius 1 is 0.933 bits per heavy atom. The lowest BCUT2D eigenvalue weighted by Crippen LogP contribution is -2.31. The quantitative estimate of drug-likeness (QED) is 0.561. The fourth-order valence-electron chi connectivity index (χ4n) is 3.54. The van der Waals surface area contributed by atoms with E-state index >= 15 is 0 Å². The number of carbonyl (C=O) groups excluding carboxylic acids is 2. The van der Waals surface area contributed by atoms with E-state index in [9.17, 15) is 9.59 Å². The second-order valence-electron chi connectivity index (χ2n) is 7.39. The molecule has 2 amide bonds. The number of ether oxygens (including phenoxy) is 1. The first-order valence-corrected chi connectivity index (χ1v) is 10.2. The first-order valence-electron chi connectivity index (χ1n) is 10.2. The minimum atomic E-state index is -0.180. The monoisotopic (exact) mass is 403 g/mol. The van der Waals surface area contributed by atoms with Crippen LogP contribution in [0.25, 0.3) is 10.8 Å². The molecule has 1 aliphatic heterocycles. The highest BCUT2D eigenvalue weighted by atomic mass is 16.5. The lowest BCUT2D eigenvalue weighted by atomic mass is 10.1. The van der Waals surface area contributed by atoms with Gasteiger partial charge in [-0.1, -0.05) is 36.4 Å². The number of carbonyl (C=O) groups is 2. The van der Waals surface area contributed by atoms with Crippen molar-refractivity contribution in [2.75, 3.05) is 30.3 Å². The van der Waals surface area contributed by atoms with Gasteiger partial charge < -0.3 is 20.7 Å². The van der Waals surface area contributed by atoms with Crippen molar-refractivity contribution in [3.63, 3.8) is 0 Å². The second-order valence-corrected chi connectivity index (χ2v) is 7.39. The molecule has 1 fully saturated rings. The molecule has 1 unspecified atom stereocenters. The molecule has 1 heterocycles. The molecule has 30 heavy (non-hydrogen) atoms. The highest BCUT2D eigenvalue weighted by molar-refractivity contribution is 5.98. The van der Waals surface area contributed by atoms with E-state index in [2.05, 4.69) is 22.0 Å². The summed E-state index contributed by atoms with van der Waals surface area (Å²) in [7, 11) is 0. The second kappa shape index (κ2) is 9.41. The molecule has 1 atom stereocenters. The molecular formula is C24H25N3O3. The number of rotatable bonds is 7.